The average Bonchev–Trinajstić information content (AvgIpc) is 3.42. The Balaban J connectivity index is 0.990. The summed E-state index contributed by atoms with van der Waals surface area (Å²) in [6.45, 7) is 0. The molecule has 0 atom stereocenters. The van der Waals surface area contributed by atoms with E-state index in [0.717, 1.165) is 35.5 Å². The number of thiophene rings is 1. The Bertz CT molecular complexity index is 1800. The normalized spacial score (nSPS) is 35.4. The fraction of sp³-hybridized carbons (Fsp3) is 0.455. The van der Waals surface area contributed by atoms with Crippen molar-refractivity contribution in [2.45, 2.75) is 87.9 Å². The molecule has 232 valence electrons. The summed E-state index contributed by atoms with van der Waals surface area (Å²) in [7, 11) is 0. The van der Waals surface area contributed by atoms with Crippen LogP contribution in [0.1, 0.15) is 88.2 Å². The number of hydrogen-bond donors (Lipinski definition) is 0. The minimum absolute atomic E-state index is 0.438. The number of hydrogen-bond acceptors (Lipinski definition) is 2. The molecule has 8 aliphatic carbocycles. The van der Waals surface area contributed by atoms with Crippen LogP contribution in [0.2, 0.25) is 0 Å². The monoisotopic (exact) mass is 619 g/mol. The third-order valence-electron chi connectivity index (χ3n) is 14.2. The van der Waals surface area contributed by atoms with Gasteiger partial charge in [-0.25, -0.2) is 0 Å². The van der Waals surface area contributed by atoms with Crippen LogP contribution in [0.5, 0.6) is 0 Å². The molecular weight excluding hydrogens is 575 g/mol. The van der Waals surface area contributed by atoms with E-state index in [4.69, 9.17) is 0 Å². The van der Waals surface area contributed by atoms with E-state index in [0.29, 0.717) is 10.8 Å². The number of benzene rings is 4. The largest absolute Gasteiger partial charge is 0.310 e. The van der Waals surface area contributed by atoms with E-state index in [-0.39, 0.29) is 0 Å². The van der Waals surface area contributed by atoms with Crippen molar-refractivity contribution in [2.24, 2.45) is 35.5 Å². The van der Waals surface area contributed by atoms with Gasteiger partial charge >= 0.3 is 0 Å². The lowest BCUT2D eigenvalue weighted by Gasteiger charge is -2.57. The second-order valence-corrected chi connectivity index (χ2v) is 18.2. The van der Waals surface area contributed by atoms with Gasteiger partial charge in [0.15, 0.2) is 0 Å². The van der Waals surface area contributed by atoms with Crippen molar-refractivity contribution in [3.05, 3.63) is 102 Å². The van der Waals surface area contributed by atoms with Crippen molar-refractivity contribution in [3.63, 3.8) is 0 Å². The SMILES string of the molecule is c1ccc2c(c1)sc1cc(N(c3ccc(C45CC6CC(CC(C6)C4)C5)cc3)c3ccc(C45CC6CC(CC(C6)C4)C5)cc3)ccc12. The summed E-state index contributed by atoms with van der Waals surface area (Å²) in [5.41, 5.74) is 7.96. The third-order valence-corrected chi connectivity index (χ3v) is 15.3. The average molecular weight is 620 g/mol. The van der Waals surface area contributed by atoms with Gasteiger partial charge in [-0.3, -0.25) is 0 Å². The van der Waals surface area contributed by atoms with E-state index in [1.165, 1.54) is 114 Å². The first-order valence-corrected chi connectivity index (χ1v) is 19.3. The van der Waals surface area contributed by atoms with E-state index < -0.39 is 0 Å². The number of nitrogens with zero attached hydrogens (tertiary/aromatic N) is 1. The van der Waals surface area contributed by atoms with Crippen LogP contribution in [0.25, 0.3) is 20.2 Å². The quantitative estimate of drug-likeness (QED) is 0.189. The van der Waals surface area contributed by atoms with Gasteiger partial charge in [0.25, 0.3) is 0 Å². The molecule has 1 aromatic heterocycles. The Morgan fingerprint density at radius 2 is 0.848 bits per heavy atom. The van der Waals surface area contributed by atoms with Crippen molar-refractivity contribution in [1.82, 2.24) is 0 Å². The van der Waals surface area contributed by atoms with Gasteiger partial charge in [-0.1, -0.05) is 48.5 Å². The number of anilines is 3. The van der Waals surface area contributed by atoms with Crippen LogP contribution >= 0.6 is 11.3 Å². The van der Waals surface area contributed by atoms with Gasteiger partial charge in [0.1, 0.15) is 0 Å². The smallest absolute Gasteiger partial charge is 0.0476 e. The van der Waals surface area contributed by atoms with Crippen molar-refractivity contribution in [3.8, 4) is 0 Å². The van der Waals surface area contributed by atoms with E-state index in [1.54, 1.807) is 11.1 Å². The summed E-state index contributed by atoms with van der Waals surface area (Å²) >= 11 is 1.93. The summed E-state index contributed by atoms with van der Waals surface area (Å²) in [6.07, 6.45) is 17.6. The molecule has 8 saturated carbocycles. The van der Waals surface area contributed by atoms with Crippen molar-refractivity contribution >= 4 is 48.6 Å². The van der Waals surface area contributed by atoms with Crippen molar-refractivity contribution in [2.75, 3.05) is 4.90 Å². The molecule has 2 heteroatoms. The third kappa shape index (κ3) is 4.04. The molecule has 8 fully saturated rings. The molecule has 0 unspecified atom stereocenters. The molecule has 0 N–H and O–H groups in total. The highest BCUT2D eigenvalue weighted by Gasteiger charge is 2.52. The topological polar surface area (TPSA) is 3.24 Å². The fourth-order valence-electron chi connectivity index (χ4n) is 13.2. The molecule has 8 bridgehead atoms. The summed E-state index contributed by atoms with van der Waals surface area (Å²) in [5.74, 6) is 5.85. The van der Waals surface area contributed by atoms with E-state index in [9.17, 15) is 0 Å². The zero-order valence-electron chi connectivity index (χ0n) is 27.0. The lowest BCUT2D eigenvalue weighted by molar-refractivity contribution is -0.00529. The first-order valence-electron chi connectivity index (χ1n) is 18.5. The van der Waals surface area contributed by atoms with Gasteiger partial charge < -0.3 is 4.90 Å². The Kier molecular flexibility index (Phi) is 5.69. The molecule has 13 rings (SSSR count). The summed E-state index contributed by atoms with van der Waals surface area (Å²) < 4.78 is 2.75. The van der Waals surface area contributed by atoms with Gasteiger partial charge in [-0.05, 0) is 177 Å². The van der Waals surface area contributed by atoms with Gasteiger partial charge in [-0.2, -0.15) is 0 Å². The molecule has 8 aliphatic rings. The van der Waals surface area contributed by atoms with E-state index in [2.05, 4.69) is 95.9 Å². The van der Waals surface area contributed by atoms with Crippen LogP contribution in [0.15, 0.2) is 91.0 Å². The first kappa shape index (κ1) is 26.9. The highest BCUT2D eigenvalue weighted by molar-refractivity contribution is 7.25. The maximum absolute atomic E-state index is 2.54. The van der Waals surface area contributed by atoms with Gasteiger partial charge in [0, 0.05) is 37.2 Å². The minimum Gasteiger partial charge on any atom is -0.310 e. The molecule has 1 nitrogen and oxygen atoms in total. The van der Waals surface area contributed by atoms with Gasteiger partial charge in [0.05, 0.1) is 0 Å². The zero-order chi connectivity index (χ0) is 30.0. The van der Waals surface area contributed by atoms with Crippen LogP contribution in [-0.2, 0) is 10.8 Å². The Hall–Kier alpha value is -3.10. The molecule has 5 aromatic rings. The number of rotatable bonds is 5. The zero-order valence-corrected chi connectivity index (χ0v) is 27.8. The van der Waals surface area contributed by atoms with Crippen LogP contribution in [0, 0.1) is 35.5 Å². The lowest BCUT2D eigenvalue weighted by Crippen LogP contribution is -2.48. The van der Waals surface area contributed by atoms with E-state index >= 15 is 0 Å². The molecule has 0 radical (unpaired) electrons. The molecular formula is C44H45NS. The highest BCUT2D eigenvalue weighted by Crippen LogP contribution is 2.62. The minimum atomic E-state index is 0.438. The molecule has 0 saturated heterocycles. The predicted octanol–water partition coefficient (Wildman–Crippen LogP) is 12.5. The fourth-order valence-corrected chi connectivity index (χ4v) is 14.3. The predicted molar refractivity (Wildman–Crippen MR) is 194 cm³/mol. The van der Waals surface area contributed by atoms with Crippen LogP contribution in [0.3, 0.4) is 0 Å². The molecule has 0 spiro atoms. The van der Waals surface area contributed by atoms with Crippen LogP contribution < -0.4 is 4.90 Å². The Labute approximate surface area is 278 Å². The van der Waals surface area contributed by atoms with Gasteiger partial charge in [-0.15, -0.1) is 11.3 Å². The Morgan fingerprint density at radius 1 is 0.435 bits per heavy atom. The molecule has 0 aliphatic heterocycles. The maximum Gasteiger partial charge on any atom is 0.0476 e. The standard InChI is InChI=1S/C44H45NS/c1-2-4-41-39(3-1)40-14-13-38(21-42(40)46-41)45(36-9-5-34(6-10-36)43-22-28-15-29(23-43)17-30(16-28)24-43)37-11-7-35(8-12-37)44-25-31-18-32(26-44)20-33(19-31)27-44/h1-14,21,28-33H,15-20,22-27H2. The molecule has 1 heterocycles. The Morgan fingerprint density at radius 3 is 1.33 bits per heavy atom. The molecule has 0 amide bonds. The van der Waals surface area contributed by atoms with Crippen LogP contribution in [0.4, 0.5) is 17.1 Å². The highest BCUT2D eigenvalue weighted by atomic mass is 32.1. The van der Waals surface area contributed by atoms with Gasteiger partial charge in [0.2, 0.25) is 0 Å². The lowest BCUT2D eigenvalue weighted by atomic mass is 9.48. The first-order chi connectivity index (χ1) is 22.6. The van der Waals surface area contributed by atoms with Crippen molar-refractivity contribution in [1.29, 1.82) is 0 Å². The summed E-state index contributed by atoms with van der Waals surface area (Å²) in [4.78, 5) is 2.54. The van der Waals surface area contributed by atoms with Crippen LogP contribution in [-0.4, -0.2) is 0 Å². The van der Waals surface area contributed by atoms with Crippen molar-refractivity contribution < 1.29 is 0 Å². The molecule has 4 aromatic carbocycles. The number of fused-ring (bicyclic) bond motifs is 3. The second-order valence-electron chi connectivity index (χ2n) is 17.1. The molecule has 46 heavy (non-hydrogen) atoms. The maximum atomic E-state index is 2.54. The second kappa shape index (κ2) is 9.72. The summed E-state index contributed by atoms with van der Waals surface area (Å²) in [5, 5.41) is 2.75. The summed E-state index contributed by atoms with van der Waals surface area (Å²) in [6, 6.07) is 36.0. The van der Waals surface area contributed by atoms with E-state index in [1.807, 2.05) is 11.3 Å².